The molecule has 0 bridgehead atoms. The molecule has 3 unspecified atom stereocenters. The first-order chi connectivity index (χ1) is 6.27. The van der Waals surface area contributed by atoms with E-state index < -0.39 is 0 Å². The van der Waals surface area contributed by atoms with Crippen LogP contribution in [0.5, 0.6) is 0 Å². The molecule has 0 aromatic carbocycles. The van der Waals surface area contributed by atoms with Crippen LogP contribution in [0.2, 0.25) is 0 Å². The fourth-order valence-electron chi connectivity index (χ4n) is 1.83. The van der Waals surface area contributed by atoms with E-state index in [9.17, 15) is 0 Å². The molecule has 1 aliphatic rings. The van der Waals surface area contributed by atoms with Gasteiger partial charge in [0.25, 0.3) is 0 Å². The second-order valence-corrected chi connectivity index (χ2v) is 3.69. The van der Waals surface area contributed by atoms with E-state index in [0.29, 0.717) is 18.1 Å². The highest BCUT2D eigenvalue weighted by Crippen LogP contribution is 2.22. The standard InChI is InChI=1S/C10H21NO2/c1-4-12-7-10(11-3)9-5-8(2)13-6-9/h8-11H,4-7H2,1-3H3. The Kier molecular flexibility index (Phi) is 4.70. The quantitative estimate of drug-likeness (QED) is 0.697. The van der Waals surface area contributed by atoms with Crippen LogP contribution in [0.1, 0.15) is 20.3 Å². The molecule has 1 saturated heterocycles. The van der Waals surface area contributed by atoms with Crippen LogP contribution < -0.4 is 5.32 Å². The summed E-state index contributed by atoms with van der Waals surface area (Å²) in [6, 6.07) is 0.449. The number of rotatable bonds is 5. The molecule has 0 aliphatic carbocycles. The summed E-state index contributed by atoms with van der Waals surface area (Å²) in [4.78, 5) is 0. The minimum absolute atomic E-state index is 0.419. The Labute approximate surface area is 80.8 Å². The third-order valence-electron chi connectivity index (χ3n) is 2.67. The fourth-order valence-corrected chi connectivity index (χ4v) is 1.83. The summed E-state index contributed by atoms with van der Waals surface area (Å²) in [6.45, 7) is 6.63. The predicted octanol–water partition coefficient (Wildman–Crippen LogP) is 1.04. The highest BCUT2D eigenvalue weighted by atomic mass is 16.5. The van der Waals surface area contributed by atoms with Crippen molar-refractivity contribution in [1.29, 1.82) is 0 Å². The molecule has 0 aromatic rings. The molecule has 1 rings (SSSR count). The first-order valence-corrected chi connectivity index (χ1v) is 5.14. The van der Waals surface area contributed by atoms with Crippen LogP contribution in [0.4, 0.5) is 0 Å². The van der Waals surface area contributed by atoms with E-state index in [2.05, 4.69) is 12.2 Å². The van der Waals surface area contributed by atoms with Crippen molar-refractivity contribution in [2.24, 2.45) is 5.92 Å². The van der Waals surface area contributed by atoms with Gasteiger partial charge in [-0.05, 0) is 27.3 Å². The Morgan fingerprint density at radius 2 is 2.38 bits per heavy atom. The molecule has 0 aromatic heterocycles. The van der Waals surface area contributed by atoms with Gasteiger partial charge in [0.2, 0.25) is 0 Å². The lowest BCUT2D eigenvalue weighted by molar-refractivity contribution is 0.0904. The van der Waals surface area contributed by atoms with E-state index in [1.54, 1.807) is 0 Å². The summed E-state index contributed by atoms with van der Waals surface area (Å²) in [7, 11) is 1.99. The highest BCUT2D eigenvalue weighted by Gasteiger charge is 2.28. The van der Waals surface area contributed by atoms with Gasteiger partial charge in [-0.15, -0.1) is 0 Å². The summed E-state index contributed by atoms with van der Waals surface area (Å²) < 4.78 is 10.9. The molecule has 1 fully saturated rings. The number of nitrogens with one attached hydrogen (secondary N) is 1. The van der Waals surface area contributed by atoms with Gasteiger partial charge in [-0.2, -0.15) is 0 Å². The van der Waals surface area contributed by atoms with Crippen molar-refractivity contribution in [2.45, 2.75) is 32.4 Å². The summed E-state index contributed by atoms with van der Waals surface area (Å²) in [5, 5.41) is 3.29. The van der Waals surface area contributed by atoms with Crippen LogP contribution >= 0.6 is 0 Å². The Morgan fingerprint density at radius 1 is 1.62 bits per heavy atom. The van der Waals surface area contributed by atoms with Crippen molar-refractivity contribution >= 4 is 0 Å². The van der Waals surface area contributed by atoms with E-state index in [1.807, 2.05) is 14.0 Å². The van der Waals surface area contributed by atoms with Gasteiger partial charge in [0.1, 0.15) is 0 Å². The Balaban J connectivity index is 2.29. The van der Waals surface area contributed by atoms with Gasteiger partial charge in [-0.25, -0.2) is 0 Å². The largest absolute Gasteiger partial charge is 0.380 e. The molecule has 1 heterocycles. The topological polar surface area (TPSA) is 30.5 Å². The van der Waals surface area contributed by atoms with Crippen LogP contribution in [0.15, 0.2) is 0 Å². The normalized spacial score (nSPS) is 30.7. The van der Waals surface area contributed by atoms with Crippen LogP contribution in [0.25, 0.3) is 0 Å². The van der Waals surface area contributed by atoms with Crippen molar-refractivity contribution in [3.8, 4) is 0 Å². The number of hydrogen-bond donors (Lipinski definition) is 1. The zero-order valence-electron chi connectivity index (χ0n) is 8.88. The van der Waals surface area contributed by atoms with Gasteiger partial charge in [0, 0.05) is 18.6 Å². The molecule has 0 radical (unpaired) electrons. The molecule has 1 aliphatic heterocycles. The summed E-state index contributed by atoms with van der Waals surface area (Å²) >= 11 is 0. The molecule has 3 heteroatoms. The monoisotopic (exact) mass is 187 g/mol. The molecular weight excluding hydrogens is 166 g/mol. The molecule has 0 amide bonds. The molecule has 1 N–H and O–H groups in total. The molecule has 0 spiro atoms. The zero-order chi connectivity index (χ0) is 9.68. The van der Waals surface area contributed by atoms with Crippen LogP contribution in [0, 0.1) is 5.92 Å². The van der Waals surface area contributed by atoms with Crippen molar-refractivity contribution < 1.29 is 9.47 Å². The van der Waals surface area contributed by atoms with E-state index >= 15 is 0 Å². The van der Waals surface area contributed by atoms with E-state index in [-0.39, 0.29) is 0 Å². The SMILES string of the molecule is CCOCC(NC)C1COC(C)C1. The minimum Gasteiger partial charge on any atom is -0.380 e. The van der Waals surface area contributed by atoms with Gasteiger partial charge >= 0.3 is 0 Å². The van der Waals surface area contributed by atoms with Gasteiger partial charge in [-0.1, -0.05) is 0 Å². The lowest BCUT2D eigenvalue weighted by Gasteiger charge is -2.21. The average Bonchev–Trinajstić information content (AvgIpc) is 2.54. The first-order valence-electron chi connectivity index (χ1n) is 5.14. The van der Waals surface area contributed by atoms with Crippen LogP contribution in [-0.4, -0.2) is 39.0 Å². The van der Waals surface area contributed by atoms with Gasteiger partial charge in [0.15, 0.2) is 0 Å². The molecular formula is C10H21NO2. The van der Waals surface area contributed by atoms with Gasteiger partial charge in [-0.3, -0.25) is 0 Å². The first kappa shape index (κ1) is 11.0. The number of ether oxygens (including phenoxy) is 2. The average molecular weight is 187 g/mol. The van der Waals surface area contributed by atoms with Crippen molar-refractivity contribution in [2.75, 3.05) is 26.9 Å². The maximum absolute atomic E-state index is 5.53. The lowest BCUT2D eigenvalue weighted by atomic mass is 9.98. The van der Waals surface area contributed by atoms with Crippen molar-refractivity contribution in [3.05, 3.63) is 0 Å². The summed E-state index contributed by atoms with van der Waals surface area (Å²) in [6.07, 6.45) is 1.57. The Morgan fingerprint density at radius 3 is 2.85 bits per heavy atom. The fraction of sp³-hybridized carbons (Fsp3) is 1.00. The minimum atomic E-state index is 0.419. The Bertz CT molecular complexity index is 141. The van der Waals surface area contributed by atoms with E-state index in [1.165, 1.54) is 0 Å². The predicted molar refractivity (Wildman–Crippen MR) is 52.9 cm³/mol. The number of likely N-dealkylation sites (N-methyl/N-ethyl adjacent to an activating group) is 1. The van der Waals surface area contributed by atoms with Crippen LogP contribution in [0.3, 0.4) is 0 Å². The van der Waals surface area contributed by atoms with Crippen LogP contribution in [-0.2, 0) is 9.47 Å². The molecule has 3 nitrogen and oxygen atoms in total. The second kappa shape index (κ2) is 5.58. The third-order valence-corrected chi connectivity index (χ3v) is 2.67. The summed E-state index contributed by atoms with van der Waals surface area (Å²) in [5.41, 5.74) is 0. The highest BCUT2D eigenvalue weighted by molar-refractivity contribution is 4.81. The number of hydrogen-bond acceptors (Lipinski definition) is 3. The second-order valence-electron chi connectivity index (χ2n) is 3.69. The maximum atomic E-state index is 5.53. The van der Waals surface area contributed by atoms with Crippen molar-refractivity contribution in [1.82, 2.24) is 5.32 Å². The molecule has 78 valence electrons. The lowest BCUT2D eigenvalue weighted by Crippen LogP contribution is -2.38. The zero-order valence-corrected chi connectivity index (χ0v) is 8.88. The third kappa shape index (κ3) is 3.25. The van der Waals surface area contributed by atoms with E-state index in [4.69, 9.17) is 9.47 Å². The van der Waals surface area contributed by atoms with Crippen molar-refractivity contribution in [3.63, 3.8) is 0 Å². The van der Waals surface area contributed by atoms with E-state index in [0.717, 1.165) is 26.2 Å². The van der Waals surface area contributed by atoms with Gasteiger partial charge < -0.3 is 14.8 Å². The molecule has 3 atom stereocenters. The smallest absolute Gasteiger partial charge is 0.0622 e. The molecule has 0 saturated carbocycles. The van der Waals surface area contributed by atoms with Gasteiger partial charge in [0.05, 0.1) is 19.3 Å². The summed E-state index contributed by atoms with van der Waals surface area (Å²) in [5.74, 6) is 0.617. The maximum Gasteiger partial charge on any atom is 0.0622 e. The molecule has 13 heavy (non-hydrogen) atoms. The Hall–Kier alpha value is -0.120.